The minimum Gasteiger partial charge on any atom is -0.456 e. The van der Waals surface area contributed by atoms with Crippen LogP contribution in [0.3, 0.4) is 0 Å². The van der Waals surface area contributed by atoms with Gasteiger partial charge in [-0.05, 0) is 24.5 Å². The maximum Gasteiger partial charge on any atom is 0.306 e. The molecule has 2 rings (SSSR count). The lowest BCUT2D eigenvalue weighted by atomic mass is 10.1. The van der Waals surface area contributed by atoms with Gasteiger partial charge in [0, 0.05) is 12.6 Å². The third kappa shape index (κ3) is 4.96. The van der Waals surface area contributed by atoms with E-state index >= 15 is 0 Å². The second-order valence-electron chi connectivity index (χ2n) is 5.02. The fraction of sp³-hybridized carbons (Fsp3) is 0.462. The molecule has 1 aliphatic heterocycles. The molecule has 1 aliphatic rings. The van der Waals surface area contributed by atoms with Crippen molar-refractivity contribution in [1.82, 2.24) is 4.98 Å². The lowest BCUT2D eigenvalue weighted by Gasteiger charge is -2.09. The van der Waals surface area contributed by atoms with Crippen molar-refractivity contribution in [3.8, 4) is 0 Å². The van der Waals surface area contributed by atoms with Crippen LogP contribution in [-0.2, 0) is 24.2 Å². The number of nitrogens with one attached hydrogen (secondary N) is 1. The fourth-order valence-corrected chi connectivity index (χ4v) is 4.17. The molecule has 2 heterocycles. The Kier molecular flexibility index (Phi) is 5.36. The van der Waals surface area contributed by atoms with Crippen LogP contribution in [0, 0.1) is 5.92 Å². The summed E-state index contributed by atoms with van der Waals surface area (Å²) in [4.78, 5) is 27.0. The van der Waals surface area contributed by atoms with E-state index < -0.39 is 28.3 Å². The lowest BCUT2D eigenvalue weighted by molar-refractivity contribution is -0.148. The van der Waals surface area contributed by atoms with E-state index in [9.17, 15) is 18.0 Å². The summed E-state index contributed by atoms with van der Waals surface area (Å²) in [5.41, 5.74) is 0.326. The summed E-state index contributed by atoms with van der Waals surface area (Å²) in [6.45, 7) is -0.455. The number of aromatic nitrogens is 1. The molecule has 22 heavy (non-hydrogen) atoms. The number of hydrogen-bond donors (Lipinski definition) is 1. The van der Waals surface area contributed by atoms with E-state index in [-0.39, 0.29) is 29.0 Å². The van der Waals surface area contributed by atoms with Crippen LogP contribution >= 0.6 is 11.6 Å². The van der Waals surface area contributed by atoms with Gasteiger partial charge in [0.25, 0.3) is 5.91 Å². The van der Waals surface area contributed by atoms with Crippen LogP contribution in [0.25, 0.3) is 0 Å². The summed E-state index contributed by atoms with van der Waals surface area (Å²) < 4.78 is 27.4. The number of ether oxygens (including phenoxy) is 1. The topological polar surface area (TPSA) is 102 Å². The first-order valence-electron chi connectivity index (χ1n) is 6.62. The van der Waals surface area contributed by atoms with E-state index in [0.29, 0.717) is 12.1 Å². The number of carbonyl (C=O) groups is 2. The summed E-state index contributed by atoms with van der Waals surface area (Å²) in [6.07, 6.45) is 1.93. The summed E-state index contributed by atoms with van der Waals surface area (Å²) >= 11 is 5.78. The number of sulfone groups is 1. The molecule has 0 radical (unpaired) electrons. The third-order valence-electron chi connectivity index (χ3n) is 3.18. The Morgan fingerprint density at radius 3 is 2.86 bits per heavy atom. The Balaban J connectivity index is 1.74. The number of esters is 1. The standard InChI is InChI=1S/C13H15ClN2O5S/c14-13-10(2-1-4-15-13)16-11(17)7-21-12(18)6-9-3-5-22(19,20)8-9/h1-2,4,9H,3,5-8H2,(H,16,17)/t9-/m0/s1. The second-order valence-corrected chi connectivity index (χ2v) is 7.61. The minimum absolute atomic E-state index is 0.000157. The molecule has 0 aromatic carbocycles. The molecule has 0 unspecified atom stereocenters. The largest absolute Gasteiger partial charge is 0.456 e. The predicted molar refractivity (Wildman–Crippen MR) is 80.2 cm³/mol. The Hall–Kier alpha value is -1.67. The van der Waals surface area contributed by atoms with Crippen LogP contribution < -0.4 is 5.32 Å². The smallest absolute Gasteiger partial charge is 0.306 e. The molecule has 1 aromatic heterocycles. The summed E-state index contributed by atoms with van der Waals surface area (Å²) in [7, 11) is -3.03. The number of rotatable bonds is 5. The number of halogens is 1. The molecule has 1 aromatic rings. The highest BCUT2D eigenvalue weighted by atomic mass is 35.5. The Labute approximate surface area is 132 Å². The average Bonchev–Trinajstić information content (AvgIpc) is 2.78. The van der Waals surface area contributed by atoms with Gasteiger partial charge in [-0.1, -0.05) is 11.6 Å². The van der Waals surface area contributed by atoms with E-state index in [2.05, 4.69) is 10.3 Å². The molecule has 1 N–H and O–H groups in total. The number of hydrogen-bond acceptors (Lipinski definition) is 6. The highest BCUT2D eigenvalue weighted by Gasteiger charge is 2.29. The van der Waals surface area contributed by atoms with Gasteiger partial charge < -0.3 is 10.1 Å². The van der Waals surface area contributed by atoms with Gasteiger partial charge in [-0.2, -0.15) is 0 Å². The number of carbonyl (C=O) groups excluding carboxylic acids is 2. The molecule has 0 spiro atoms. The quantitative estimate of drug-likeness (QED) is 0.631. The van der Waals surface area contributed by atoms with Crippen molar-refractivity contribution in [2.45, 2.75) is 12.8 Å². The van der Waals surface area contributed by atoms with Gasteiger partial charge in [-0.25, -0.2) is 13.4 Å². The van der Waals surface area contributed by atoms with Crippen LogP contribution in [0.1, 0.15) is 12.8 Å². The van der Waals surface area contributed by atoms with Gasteiger partial charge in [0.2, 0.25) is 0 Å². The molecular formula is C13H15ClN2O5S. The molecule has 0 saturated carbocycles. The molecular weight excluding hydrogens is 332 g/mol. The van der Waals surface area contributed by atoms with Crippen molar-refractivity contribution in [2.75, 3.05) is 23.4 Å². The zero-order chi connectivity index (χ0) is 16.2. The zero-order valence-corrected chi connectivity index (χ0v) is 13.2. The van der Waals surface area contributed by atoms with Crippen molar-refractivity contribution in [1.29, 1.82) is 0 Å². The Morgan fingerprint density at radius 1 is 1.45 bits per heavy atom. The summed E-state index contributed by atoms with van der Waals surface area (Å²) in [5, 5.41) is 2.60. The van der Waals surface area contributed by atoms with Crippen molar-refractivity contribution < 1.29 is 22.7 Å². The van der Waals surface area contributed by atoms with Gasteiger partial charge in [-0.15, -0.1) is 0 Å². The molecule has 120 valence electrons. The second kappa shape index (κ2) is 7.06. The zero-order valence-electron chi connectivity index (χ0n) is 11.6. The van der Waals surface area contributed by atoms with Crippen molar-refractivity contribution in [3.63, 3.8) is 0 Å². The Bertz CT molecular complexity index is 677. The van der Waals surface area contributed by atoms with Crippen molar-refractivity contribution in [3.05, 3.63) is 23.5 Å². The molecule has 0 bridgehead atoms. The molecule has 0 aliphatic carbocycles. The molecule has 9 heteroatoms. The maximum absolute atomic E-state index is 11.6. The molecule has 7 nitrogen and oxygen atoms in total. The molecule has 1 amide bonds. The predicted octanol–water partition coefficient (Wildman–Crippen LogP) is 1.04. The van der Waals surface area contributed by atoms with Gasteiger partial charge in [-0.3, -0.25) is 9.59 Å². The lowest BCUT2D eigenvalue weighted by Crippen LogP contribution is -2.22. The first kappa shape index (κ1) is 16.7. The molecule has 1 atom stereocenters. The van der Waals surface area contributed by atoms with E-state index in [0.717, 1.165) is 0 Å². The first-order valence-corrected chi connectivity index (χ1v) is 8.82. The normalized spacial score (nSPS) is 19.6. The van der Waals surface area contributed by atoms with Gasteiger partial charge >= 0.3 is 5.97 Å². The number of anilines is 1. The Morgan fingerprint density at radius 2 is 2.23 bits per heavy atom. The fourth-order valence-electron chi connectivity index (χ4n) is 2.14. The molecule has 1 fully saturated rings. The highest BCUT2D eigenvalue weighted by Crippen LogP contribution is 2.22. The van der Waals surface area contributed by atoms with E-state index in [1.165, 1.54) is 6.20 Å². The number of pyridine rings is 1. The van der Waals surface area contributed by atoms with Crippen LogP contribution in [-0.4, -0.2) is 43.4 Å². The van der Waals surface area contributed by atoms with Crippen LogP contribution in [0.15, 0.2) is 18.3 Å². The SMILES string of the molecule is O=C(COC(=O)C[C@@H]1CCS(=O)(=O)C1)Nc1cccnc1Cl. The third-order valence-corrected chi connectivity index (χ3v) is 5.32. The number of nitrogens with zero attached hydrogens (tertiary/aromatic N) is 1. The highest BCUT2D eigenvalue weighted by molar-refractivity contribution is 7.91. The van der Waals surface area contributed by atoms with Gasteiger partial charge in [0.1, 0.15) is 0 Å². The van der Waals surface area contributed by atoms with E-state index in [1.807, 2.05) is 0 Å². The summed E-state index contributed by atoms with van der Waals surface area (Å²) in [6, 6.07) is 3.17. The minimum atomic E-state index is -3.03. The van der Waals surface area contributed by atoms with E-state index in [4.69, 9.17) is 16.3 Å². The summed E-state index contributed by atoms with van der Waals surface area (Å²) in [5.74, 6) is -1.25. The average molecular weight is 347 g/mol. The maximum atomic E-state index is 11.6. The molecule has 1 saturated heterocycles. The van der Waals surface area contributed by atoms with Crippen molar-refractivity contribution in [2.24, 2.45) is 5.92 Å². The monoisotopic (exact) mass is 346 g/mol. The van der Waals surface area contributed by atoms with Crippen LogP contribution in [0.5, 0.6) is 0 Å². The van der Waals surface area contributed by atoms with Crippen molar-refractivity contribution >= 4 is 39.0 Å². The number of amides is 1. The van der Waals surface area contributed by atoms with E-state index in [1.54, 1.807) is 12.1 Å². The van der Waals surface area contributed by atoms with Crippen LogP contribution in [0.2, 0.25) is 5.15 Å². The first-order chi connectivity index (χ1) is 10.4. The van der Waals surface area contributed by atoms with Gasteiger partial charge in [0.15, 0.2) is 21.6 Å². The van der Waals surface area contributed by atoms with Gasteiger partial charge in [0.05, 0.1) is 17.2 Å². The van der Waals surface area contributed by atoms with Crippen LogP contribution in [0.4, 0.5) is 5.69 Å².